The molecule has 3 aromatic rings. The van der Waals surface area contributed by atoms with Crippen molar-refractivity contribution < 1.29 is 22.9 Å². The van der Waals surface area contributed by atoms with Crippen LogP contribution in [0.2, 0.25) is 0 Å². The number of ether oxygens (including phenoxy) is 1. The second-order valence-corrected chi connectivity index (χ2v) is 9.98. The lowest BCUT2D eigenvalue weighted by Crippen LogP contribution is -2.37. The fraction of sp³-hybridized carbons (Fsp3) is 0.263. The molecule has 1 aliphatic heterocycles. The van der Waals surface area contributed by atoms with Crippen molar-refractivity contribution in [1.82, 2.24) is 4.98 Å². The highest BCUT2D eigenvalue weighted by atomic mass is 32.2. The number of carbonyl (C=O) groups excluding carboxylic acids is 1. The molecule has 0 radical (unpaired) electrons. The molecule has 1 fully saturated rings. The standard InChI is InChI=1S/C19H18N4O6S2/c1-31(27,28)13-3-4-15-17(11-13)30-19(20-15)21-18(24)14-10-12(23(25)26)2-5-16(14)22-6-8-29-9-7-22/h2-5,10-11H,6-9H2,1H3,(H,20,21,24). The summed E-state index contributed by atoms with van der Waals surface area (Å²) in [5.74, 6) is -0.535. The number of benzene rings is 2. The maximum Gasteiger partial charge on any atom is 0.270 e. The van der Waals surface area contributed by atoms with Crippen LogP contribution in [0.4, 0.5) is 16.5 Å². The average molecular weight is 463 g/mol. The van der Waals surface area contributed by atoms with E-state index < -0.39 is 20.7 Å². The minimum atomic E-state index is -3.37. The van der Waals surface area contributed by atoms with E-state index in [1.165, 1.54) is 24.3 Å². The van der Waals surface area contributed by atoms with Crippen molar-refractivity contribution in [3.05, 3.63) is 52.1 Å². The maximum atomic E-state index is 13.0. The van der Waals surface area contributed by atoms with Gasteiger partial charge in [-0.05, 0) is 24.3 Å². The number of hydrogen-bond donors (Lipinski definition) is 1. The van der Waals surface area contributed by atoms with E-state index in [0.29, 0.717) is 42.2 Å². The number of rotatable bonds is 5. The first-order chi connectivity index (χ1) is 14.7. The number of morpholine rings is 1. The number of carbonyl (C=O) groups is 1. The minimum absolute atomic E-state index is 0.159. The molecule has 0 bridgehead atoms. The molecule has 4 rings (SSSR count). The number of fused-ring (bicyclic) bond motifs is 1. The van der Waals surface area contributed by atoms with Crippen molar-refractivity contribution in [2.45, 2.75) is 4.90 Å². The zero-order valence-electron chi connectivity index (χ0n) is 16.4. The van der Waals surface area contributed by atoms with Gasteiger partial charge in [-0.2, -0.15) is 0 Å². The Morgan fingerprint density at radius 2 is 1.97 bits per heavy atom. The van der Waals surface area contributed by atoms with Gasteiger partial charge in [-0.3, -0.25) is 20.2 Å². The quantitative estimate of drug-likeness (QED) is 0.452. The number of sulfone groups is 1. The van der Waals surface area contributed by atoms with Crippen molar-refractivity contribution >= 4 is 53.8 Å². The third-order valence-electron chi connectivity index (χ3n) is 4.80. The highest BCUT2D eigenvalue weighted by Gasteiger charge is 2.23. The molecule has 31 heavy (non-hydrogen) atoms. The van der Waals surface area contributed by atoms with Crippen molar-refractivity contribution in [2.75, 3.05) is 42.8 Å². The summed E-state index contributed by atoms with van der Waals surface area (Å²) in [6.45, 7) is 2.12. The predicted molar refractivity (Wildman–Crippen MR) is 117 cm³/mol. The summed E-state index contributed by atoms with van der Waals surface area (Å²) in [5, 5.41) is 14.2. The largest absolute Gasteiger partial charge is 0.378 e. The van der Waals surface area contributed by atoms with Gasteiger partial charge in [-0.15, -0.1) is 0 Å². The summed E-state index contributed by atoms with van der Waals surface area (Å²) in [6, 6.07) is 8.71. The molecule has 2 aromatic carbocycles. The normalized spacial score (nSPS) is 14.5. The van der Waals surface area contributed by atoms with Gasteiger partial charge >= 0.3 is 0 Å². The molecule has 1 N–H and O–H groups in total. The Kier molecular flexibility index (Phi) is 5.60. The van der Waals surface area contributed by atoms with E-state index in [2.05, 4.69) is 10.3 Å². The Morgan fingerprint density at radius 3 is 2.65 bits per heavy atom. The van der Waals surface area contributed by atoms with Crippen LogP contribution in [0, 0.1) is 10.1 Å². The SMILES string of the molecule is CS(=O)(=O)c1ccc2nc(NC(=O)c3cc([N+](=O)[O-])ccc3N3CCOCC3)sc2c1. The van der Waals surface area contributed by atoms with Crippen LogP contribution in [0.25, 0.3) is 10.2 Å². The maximum absolute atomic E-state index is 13.0. The van der Waals surface area contributed by atoms with Gasteiger partial charge in [0, 0.05) is 31.5 Å². The van der Waals surface area contributed by atoms with Crippen LogP contribution in [0.15, 0.2) is 41.3 Å². The molecular formula is C19H18N4O6S2. The topological polar surface area (TPSA) is 132 Å². The van der Waals surface area contributed by atoms with E-state index in [-0.39, 0.29) is 21.3 Å². The van der Waals surface area contributed by atoms with Gasteiger partial charge in [0.15, 0.2) is 15.0 Å². The number of anilines is 2. The van der Waals surface area contributed by atoms with E-state index in [0.717, 1.165) is 17.6 Å². The molecule has 0 spiro atoms. The fourth-order valence-corrected chi connectivity index (χ4v) is 4.87. The summed E-state index contributed by atoms with van der Waals surface area (Å²) < 4.78 is 29.5. The van der Waals surface area contributed by atoms with Crippen LogP contribution in [0.1, 0.15) is 10.4 Å². The lowest BCUT2D eigenvalue weighted by Gasteiger charge is -2.30. The predicted octanol–water partition coefficient (Wildman–Crippen LogP) is 2.70. The molecule has 10 nitrogen and oxygen atoms in total. The van der Waals surface area contributed by atoms with Crippen LogP contribution in [-0.4, -0.2) is 56.8 Å². The summed E-state index contributed by atoms with van der Waals surface area (Å²) in [4.78, 5) is 30.1. The number of aromatic nitrogens is 1. The lowest BCUT2D eigenvalue weighted by atomic mass is 10.1. The molecule has 1 saturated heterocycles. The van der Waals surface area contributed by atoms with Gasteiger partial charge in [-0.25, -0.2) is 13.4 Å². The number of nitro groups is 1. The number of thiazole rings is 1. The van der Waals surface area contributed by atoms with E-state index in [1.54, 1.807) is 12.1 Å². The zero-order valence-corrected chi connectivity index (χ0v) is 18.0. The summed E-state index contributed by atoms with van der Waals surface area (Å²) in [7, 11) is -3.37. The van der Waals surface area contributed by atoms with Crippen LogP contribution < -0.4 is 10.2 Å². The van der Waals surface area contributed by atoms with Crippen LogP contribution in [0.3, 0.4) is 0 Å². The van der Waals surface area contributed by atoms with Crippen LogP contribution in [-0.2, 0) is 14.6 Å². The molecule has 0 aliphatic carbocycles. The fourth-order valence-electron chi connectivity index (χ4n) is 3.25. The van der Waals surface area contributed by atoms with E-state index in [4.69, 9.17) is 4.74 Å². The summed E-state index contributed by atoms with van der Waals surface area (Å²) >= 11 is 1.13. The van der Waals surface area contributed by atoms with Crippen molar-refractivity contribution in [3.63, 3.8) is 0 Å². The number of amides is 1. The van der Waals surface area contributed by atoms with Gasteiger partial charge in [0.25, 0.3) is 11.6 Å². The Morgan fingerprint density at radius 1 is 1.23 bits per heavy atom. The summed E-state index contributed by atoms with van der Waals surface area (Å²) in [5.41, 5.74) is 1.09. The van der Waals surface area contributed by atoms with Gasteiger partial charge in [0.05, 0.1) is 44.5 Å². The Balaban J connectivity index is 1.67. The first-order valence-electron chi connectivity index (χ1n) is 9.25. The number of nitrogens with one attached hydrogen (secondary N) is 1. The molecular weight excluding hydrogens is 444 g/mol. The second-order valence-electron chi connectivity index (χ2n) is 6.93. The van der Waals surface area contributed by atoms with Gasteiger partial charge in [0.1, 0.15) is 0 Å². The molecule has 1 aliphatic rings. The Labute approximate surface area is 181 Å². The second kappa shape index (κ2) is 8.21. The third-order valence-corrected chi connectivity index (χ3v) is 6.84. The van der Waals surface area contributed by atoms with Crippen molar-refractivity contribution in [2.24, 2.45) is 0 Å². The highest BCUT2D eigenvalue weighted by molar-refractivity contribution is 7.90. The molecule has 12 heteroatoms. The zero-order chi connectivity index (χ0) is 22.2. The van der Waals surface area contributed by atoms with Gasteiger partial charge in [-0.1, -0.05) is 11.3 Å². The minimum Gasteiger partial charge on any atom is -0.378 e. The molecule has 0 atom stereocenters. The number of nitrogens with zero attached hydrogens (tertiary/aromatic N) is 3. The molecule has 2 heterocycles. The molecule has 0 saturated carbocycles. The van der Waals surface area contributed by atoms with E-state index in [9.17, 15) is 23.3 Å². The monoisotopic (exact) mass is 462 g/mol. The van der Waals surface area contributed by atoms with Crippen molar-refractivity contribution in [1.29, 1.82) is 0 Å². The molecule has 1 aromatic heterocycles. The van der Waals surface area contributed by atoms with Gasteiger partial charge in [0.2, 0.25) is 0 Å². The summed E-state index contributed by atoms with van der Waals surface area (Å²) in [6.07, 6.45) is 1.12. The first kappa shape index (κ1) is 21.2. The Hall–Kier alpha value is -3.09. The van der Waals surface area contributed by atoms with Crippen molar-refractivity contribution in [3.8, 4) is 0 Å². The smallest absolute Gasteiger partial charge is 0.270 e. The first-order valence-corrected chi connectivity index (χ1v) is 12.0. The number of nitro benzene ring substituents is 1. The van der Waals surface area contributed by atoms with E-state index in [1.807, 2.05) is 4.90 Å². The molecule has 0 unspecified atom stereocenters. The molecule has 1 amide bonds. The number of hydrogen-bond acceptors (Lipinski definition) is 9. The number of non-ortho nitro benzene ring substituents is 1. The van der Waals surface area contributed by atoms with Crippen LogP contribution in [0.5, 0.6) is 0 Å². The third kappa shape index (κ3) is 4.50. The van der Waals surface area contributed by atoms with Crippen LogP contribution >= 0.6 is 11.3 Å². The van der Waals surface area contributed by atoms with E-state index >= 15 is 0 Å². The highest BCUT2D eigenvalue weighted by Crippen LogP contribution is 2.31. The lowest BCUT2D eigenvalue weighted by molar-refractivity contribution is -0.384. The van der Waals surface area contributed by atoms with Gasteiger partial charge < -0.3 is 9.64 Å². The Bertz CT molecular complexity index is 1280. The molecule has 162 valence electrons. The average Bonchev–Trinajstić information content (AvgIpc) is 3.14.